The lowest BCUT2D eigenvalue weighted by molar-refractivity contribution is 0.129. The first-order valence-electron chi connectivity index (χ1n) is 8.00. The van der Waals surface area contributed by atoms with Crippen LogP contribution in [0.15, 0.2) is 40.0 Å². The summed E-state index contributed by atoms with van der Waals surface area (Å²) in [6.07, 6.45) is 1.55. The van der Waals surface area contributed by atoms with E-state index in [1.54, 1.807) is 13.3 Å². The summed E-state index contributed by atoms with van der Waals surface area (Å²) in [5, 5.41) is 10.4. The highest BCUT2D eigenvalue weighted by Crippen LogP contribution is 2.24. The van der Waals surface area contributed by atoms with Crippen molar-refractivity contribution in [1.82, 2.24) is 15.8 Å². The van der Waals surface area contributed by atoms with Crippen molar-refractivity contribution in [1.29, 1.82) is 0 Å². The molecule has 0 unspecified atom stereocenters. The Hall–Kier alpha value is -2.50. The topological polar surface area (TPSA) is 71.7 Å². The molecule has 6 heteroatoms. The van der Waals surface area contributed by atoms with E-state index in [0.29, 0.717) is 19.0 Å². The third-order valence-corrected chi connectivity index (χ3v) is 3.24. The van der Waals surface area contributed by atoms with Crippen molar-refractivity contribution >= 4 is 5.96 Å². The number of nitrogens with one attached hydrogen (secondary N) is 2. The van der Waals surface area contributed by atoms with Crippen molar-refractivity contribution in [2.45, 2.75) is 46.4 Å². The van der Waals surface area contributed by atoms with Gasteiger partial charge in [-0.1, -0.05) is 17.3 Å². The number of rotatable bonds is 5. The van der Waals surface area contributed by atoms with E-state index in [9.17, 15) is 0 Å². The van der Waals surface area contributed by atoms with Gasteiger partial charge in [0.05, 0.1) is 6.54 Å². The summed E-state index contributed by atoms with van der Waals surface area (Å²) in [7, 11) is 1.74. The molecule has 1 aromatic carbocycles. The van der Waals surface area contributed by atoms with Gasteiger partial charge in [-0.15, -0.1) is 0 Å². The fourth-order valence-electron chi connectivity index (χ4n) is 2.14. The Morgan fingerprint density at radius 3 is 2.58 bits per heavy atom. The normalized spacial score (nSPS) is 12.1. The number of aryl methyl sites for hydroxylation is 1. The van der Waals surface area contributed by atoms with E-state index in [-0.39, 0.29) is 5.60 Å². The van der Waals surface area contributed by atoms with Crippen LogP contribution in [0.3, 0.4) is 0 Å². The molecular weight excluding hydrogens is 304 g/mol. The lowest BCUT2D eigenvalue weighted by Crippen LogP contribution is -2.36. The SMILES string of the molecule is CN=C(NCc1ccon1)NCc1ccc(C)cc1OC(C)(C)C. The number of aromatic nitrogens is 1. The molecule has 0 aliphatic rings. The zero-order valence-corrected chi connectivity index (χ0v) is 15.0. The summed E-state index contributed by atoms with van der Waals surface area (Å²) in [5.41, 5.74) is 2.84. The van der Waals surface area contributed by atoms with E-state index in [1.165, 1.54) is 5.56 Å². The van der Waals surface area contributed by atoms with Gasteiger partial charge in [-0.2, -0.15) is 0 Å². The molecule has 130 valence electrons. The predicted octanol–water partition coefficient (Wildman–Crippen LogP) is 3.03. The lowest BCUT2D eigenvalue weighted by atomic mass is 10.1. The number of benzene rings is 1. The molecule has 0 aliphatic carbocycles. The molecule has 2 N–H and O–H groups in total. The molecule has 2 aromatic rings. The standard InChI is InChI=1S/C18H26N4O2/c1-13-6-7-14(16(10-13)24-18(2,3)4)11-20-17(19-5)21-12-15-8-9-23-22-15/h6-10H,11-12H2,1-5H3,(H2,19,20,21). The Kier molecular flexibility index (Phi) is 5.84. The minimum atomic E-state index is -0.241. The second-order valence-electron chi connectivity index (χ2n) is 6.60. The highest BCUT2D eigenvalue weighted by molar-refractivity contribution is 5.79. The molecule has 1 aromatic heterocycles. The molecule has 24 heavy (non-hydrogen) atoms. The van der Waals surface area contributed by atoms with Crippen molar-refractivity contribution in [2.24, 2.45) is 4.99 Å². The Morgan fingerprint density at radius 2 is 1.96 bits per heavy atom. The highest BCUT2D eigenvalue weighted by atomic mass is 16.5. The van der Waals surface area contributed by atoms with Crippen LogP contribution < -0.4 is 15.4 Å². The molecule has 0 fully saturated rings. The second-order valence-corrected chi connectivity index (χ2v) is 6.60. The molecule has 0 saturated heterocycles. The summed E-state index contributed by atoms with van der Waals surface area (Å²) in [5.74, 6) is 1.59. The number of hydrogen-bond donors (Lipinski definition) is 2. The van der Waals surface area contributed by atoms with Gasteiger partial charge in [-0.05, 0) is 39.3 Å². The van der Waals surface area contributed by atoms with Crippen LogP contribution in [0.5, 0.6) is 5.75 Å². The average molecular weight is 330 g/mol. The van der Waals surface area contributed by atoms with Gasteiger partial charge in [0.1, 0.15) is 23.3 Å². The second kappa shape index (κ2) is 7.86. The molecule has 0 bridgehead atoms. The molecule has 0 amide bonds. The highest BCUT2D eigenvalue weighted by Gasteiger charge is 2.15. The average Bonchev–Trinajstić information content (AvgIpc) is 3.01. The maximum atomic E-state index is 6.08. The first kappa shape index (κ1) is 17.8. The van der Waals surface area contributed by atoms with Crippen LogP contribution in [-0.4, -0.2) is 23.8 Å². The van der Waals surface area contributed by atoms with Crippen molar-refractivity contribution in [3.63, 3.8) is 0 Å². The van der Waals surface area contributed by atoms with Crippen LogP contribution in [-0.2, 0) is 13.1 Å². The van der Waals surface area contributed by atoms with Crippen LogP contribution >= 0.6 is 0 Å². The number of aliphatic imine (C=N–C) groups is 1. The zero-order valence-electron chi connectivity index (χ0n) is 15.0. The van der Waals surface area contributed by atoms with E-state index in [0.717, 1.165) is 17.0 Å². The van der Waals surface area contributed by atoms with Crippen LogP contribution in [0.4, 0.5) is 0 Å². The summed E-state index contributed by atoms with van der Waals surface area (Å²) in [6.45, 7) is 9.37. The number of ether oxygens (including phenoxy) is 1. The summed E-state index contributed by atoms with van der Waals surface area (Å²) >= 11 is 0. The van der Waals surface area contributed by atoms with E-state index in [1.807, 2.05) is 26.8 Å². The Labute approximate surface area is 143 Å². The largest absolute Gasteiger partial charge is 0.488 e. The molecular formula is C18H26N4O2. The van der Waals surface area contributed by atoms with Gasteiger partial charge in [0.25, 0.3) is 0 Å². The van der Waals surface area contributed by atoms with Crippen molar-refractivity contribution < 1.29 is 9.26 Å². The van der Waals surface area contributed by atoms with Crippen molar-refractivity contribution in [3.8, 4) is 5.75 Å². The Morgan fingerprint density at radius 1 is 1.21 bits per heavy atom. The summed E-state index contributed by atoms with van der Waals surface area (Å²) in [6, 6.07) is 8.04. The predicted molar refractivity (Wildman–Crippen MR) is 95.1 cm³/mol. The quantitative estimate of drug-likeness (QED) is 0.651. The molecule has 1 heterocycles. The number of hydrogen-bond acceptors (Lipinski definition) is 4. The molecule has 6 nitrogen and oxygen atoms in total. The Bertz CT molecular complexity index is 673. The third kappa shape index (κ3) is 5.61. The fraction of sp³-hybridized carbons (Fsp3) is 0.444. The monoisotopic (exact) mass is 330 g/mol. The minimum Gasteiger partial charge on any atom is -0.488 e. The Balaban J connectivity index is 1.99. The van der Waals surface area contributed by atoms with Gasteiger partial charge < -0.3 is 19.9 Å². The zero-order chi connectivity index (χ0) is 17.6. The molecule has 2 rings (SSSR count). The van der Waals surface area contributed by atoms with E-state index in [4.69, 9.17) is 9.26 Å². The lowest BCUT2D eigenvalue weighted by Gasteiger charge is -2.24. The molecule has 0 radical (unpaired) electrons. The first-order valence-corrected chi connectivity index (χ1v) is 8.00. The number of nitrogens with zero attached hydrogens (tertiary/aromatic N) is 2. The third-order valence-electron chi connectivity index (χ3n) is 3.24. The van der Waals surface area contributed by atoms with Crippen molar-refractivity contribution in [3.05, 3.63) is 47.3 Å². The number of guanidine groups is 1. The van der Waals surface area contributed by atoms with Gasteiger partial charge in [0.15, 0.2) is 5.96 Å². The van der Waals surface area contributed by atoms with Crippen molar-refractivity contribution in [2.75, 3.05) is 7.05 Å². The first-order chi connectivity index (χ1) is 11.4. The smallest absolute Gasteiger partial charge is 0.191 e. The maximum Gasteiger partial charge on any atom is 0.191 e. The van der Waals surface area contributed by atoms with Gasteiger partial charge in [-0.3, -0.25) is 4.99 Å². The van der Waals surface area contributed by atoms with Gasteiger partial charge in [0.2, 0.25) is 0 Å². The molecule has 0 saturated carbocycles. The fourth-order valence-corrected chi connectivity index (χ4v) is 2.14. The summed E-state index contributed by atoms with van der Waals surface area (Å²) < 4.78 is 10.9. The van der Waals surface area contributed by atoms with Crippen LogP contribution in [0, 0.1) is 6.92 Å². The van der Waals surface area contributed by atoms with Gasteiger partial charge in [-0.25, -0.2) is 0 Å². The van der Waals surface area contributed by atoms with Gasteiger partial charge >= 0.3 is 0 Å². The van der Waals surface area contributed by atoms with E-state index in [2.05, 4.69) is 45.9 Å². The van der Waals surface area contributed by atoms with Crippen LogP contribution in [0.25, 0.3) is 0 Å². The molecule has 0 atom stereocenters. The van der Waals surface area contributed by atoms with Crippen LogP contribution in [0.1, 0.15) is 37.6 Å². The van der Waals surface area contributed by atoms with E-state index >= 15 is 0 Å². The summed E-state index contributed by atoms with van der Waals surface area (Å²) in [4.78, 5) is 4.22. The van der Waals surface area contributed by atoms with Gasteiger partial charge in [0, 0.05) is 25.2 Å². The molecule has 0 aliphatic heterocycles. The van der Waals surface area contributed by atoms with E-state index < -0.39 is 0 Å². The molecule has 0 spiro atoms. The maximum absolute atomic E-state index is 6.08. The van der Waals surface area contributed by atoms with Crippen LogP contribution in [0.2, 0.25) is 0 Å². The minimum absolute atomic E-state index is 0.241.